The molecular weight excluding hydrogens is 478 g/mol. The molecule has 1 saturated carbocycles. The second kappa shape index (κ2) is 10.3. The summed E-state index contributed by atoms with van der Waals surface area (Å²) in [6.45, 7) is 0.921. The Morgan fingerprint density at radius 1 is 1.08 bits per heavy atom. The average molecular weight is 510 g/mol. The molecule has 1 aliphatic rings. The number of ether oxygens (including phenoxy) is 2. The molecule has 1 aliphatic carbocycles. The standard InChI is InChI=1S/C29H31N7O2/c1-35-13-12-31-29(35)28-33-27(32-21-16-23(17-21)37-2)26-25(19-7-4-3-5-8-19)24(18-36(26)34-28)20-9-6-10-22(15-20)38-14-11-30/h3-10,12-13,15,18,21,23H,11,14,16-17,30H2,1-2H3,(H,32,33,34). The molecule has 3 aromatic heterocycles. The molecule has 3 heterocycles. The molecule has 0 aliphatic heterocycles. The lowest BCUT2D eigenvalue weighted by Gasteiger charge is -2.35. The van der Waals surface area contributed by atoms with Gasteiger partial charge in [-0.3, -0.25) is 0 Å². The number of nitrogens with two attached hydrogens (primary N) is 1. The second-order valence-corrected chi connectivity index (χ2v) is 9.56. The van der Waals surface area contributed by atoms with Gasteiger partial charge in [0.1, 0.15) is 17.9 Å². The predicted octanol–water partition coefficient (Wildman–Crippen LogP) is 4.39. The molecular formula is C29H31N7O2. The Hall–Kier alpha value is -4.21. The Balaban J connectivity index is 1.57. The Kier molecular flexibility index (Phi) is 6.53. The summed E-state index contributed by atoms with van der Waals surface area (Å²) in [5.74, 6) is 2.81. The molecule has 38 heavy (non-hydrogen) atoms. The maximum absolute atomic E-state index is 5.84. The third-order valence-corrected chi connectivity index (χ3v) is 7.02. The highest BCUT2D eigenvalue weighted by atomic mass is 16.5. The number of hydrogen-bond acceptors (Lipinski definition) is 7. The van der Waals surface area contributed by atoms with Crippen LogP contribution in [0, 0.1) is 0 Å². The summed E-state index contributed by atoms with van der Waals surface area (Å²) >= 11 is 0. The van der Waals surface area contributed by atoms with Gasteiger partial charge in [0.25, 0.3) is 0 Å². The van der Waals surface area contributed by atoms with Crippen LogP contribution in [0.4, 0.5) is 5.82 Å². The molecule has 0 unspecified atom stereocenters. The fourth-order valence-electron chi connectivity index (χ4n) is 4.97. The van der Waals surface area contributed by atoms with Crippen LogP contribution in [-0.2, 0) is 11.8 Å². The maximum Gasteiger partial charge on any atom is 0.218 e. The first-order chi connectivity index (χ1) is 18.6. The van der Waals surface area contributed by atoms with Crippen LogP contribution in [0.5, 0.6) is 5.75 Å². The summed E-state index contributed by atoms with van der Waals surface area (Å²) in [6.07, 6.45) is 7.85. The number of benzene rings is 2. The van der Waals surface area contributed by atoms with Crippen molar-refractivity contribution in [2.45, 2.75) is 25.0 Å². The van der Waals surface area contributed by atoms with E-state index in [1.54, 1.807) is 13.3 Å². The van der Waals surface area contributed by atoms with Crippen molar-refractivity contribution in [2.24, 2.45) is 12.8 Å². The number of fused-ring (bicyclic) bond motifs is 1. The van der Waals surface area contributed by atoms with Crippen molar-refractivity contribution >= 4 is 11.3 Å². The monoisotopic (exact) mass is 509 g/mol. The number of nitrogens with zero attached hydrogens (tertiary/aromatic N) is 5. The van der Waals surface area contributed by atoms with Gasteiger partial charge in [0.05, 0.1) is 6.10 Å². The average Bonchev–Trinajstić information content (AvgIpc) is 3.53. The van der Waals surface area contributed by atoms with Crippen molar-refractivity contribution in [3.8, 4) is 39.7 Å². The molecule has 0 radical (unpaired) electrons. The lowest BCUT2D eigenvalue weighted by Crippen LogP contribution is -2.40. The summed E-state index contributed by atoms with van der Waals surface area (Å²) in [4.78, 5) is 9.53. The molecule has 0 saturated heterocycles. The van der Waals surface area contributed by atoms with Crippen LogP contribution in [0.3, 0.4) is 0 Å². The summed E-state index contributed by atoms with van der Waals surface area (Å²) in [5, 5.41) is 8.63. The summed E-state index contributed by atoms with van der Waals surface area (Å²) < 4.78 is 15.2. The van der Waals surface area contributed by atoms with Crippen LogP contribution in [0.1, 0.15) is 12.8 Å². The quantitative estimate of drug-likeness (QED) is 0.304. The minimum Gasteiger partial charge on any atom is -0.492 e. The van der Waals surface area contributed by atoms with E-state index in [0.29, 0.717) is 24.8 Å². The van der Waals surface area contributed by atoms with E-state index < -0.39 is 0 Å². The number of imidazole rings is 1. The predicted molar refractivity (Wildman–Crippen MR) is 148 cm³/mol. The normalized spacial score (nSPS) is 16.9. The molecule has 194 valence electrons. The van der Waals surface area contributed by atoms with Crippen molar-refractivity contribution in [3.63, 3.8) is 0 Å². The number of anilines is 1. The van der Waals surface area contributed by atoms with Gasteiger partial charge < -0.3 is 25.1 Å². The van der Waals surface area contributed by atoms with Crippen molar-refractivity contribution in [1.29, 1.82) is 0 Å². The molecule has 2 aromatic carbocycles. The number of nitrogens with one attached hydrogen (secondary N) is 1. The van der Waals surface area contributed by atoms with Gasteiger partial charge in [-0.25, -0.2) is 14.5 Å². The third-order valence-electron chi connectivity index (χ3n) is 7.02. The van der Waals surface area contributed by atoms with E-state index in [9.17, 15) is 0 Å². The molecule has 0 amide bonds. The molecule has 9 heteroatoms. The van der Waals surface area contributed by atoms with Crippen molar-refractivity contribution in [2.75, 3.05) is 25.6 Å². The lowest BCUT2D eigenvalue weighted by atomic mass is 9.89. The van der Waals surface area contributed by atoms with Gasteiger partial charge in [0, 0.05) is 56.5 Å². The molecule has 0 bridgehead atoms. The number of aryl methyl sites for hydroxylation is 1. The highest BCUT2D eigenvalue weighted by molar-refractivity contribution is 5.99. The SMILES string of the molecule is COC1CC(Nc2nc(-c3nccn3C)nn3cc(-c4cccc(OCCN)c4)c(-c4ccccc4)c23)C1. The van der Waals surface area contributed by atoms with Crippen molar-refractivity contribution in [1.82, 2.24) is 24.1 Å². The lowest BCUT2D eigenvalue weighted by molar-refractivity contribution is 0.0328. The van der Waals surface area contributed by atoms with Crippen LogP contribution >= 0.6 is 0 Å². The molecule has 1 fully saturated rings. The van der Waals surface area contributed by atoms with Crippen LogP contribution in [0.2, 0.25) is 0 Å². The smallest absolute Gasteiger partial charge is 0.218 e. The second-order valence-electron chi connectivity index (χ2n) is 9.56. The van der Waals surface area contributed by atoms with E-state index in [1.807, 2.05) is 46.6 Å². The number of hydrogen-bond donors (Lipinski definition) is 2. The first-order valence-electron chi connectivity index (χ1n) is 12.8. The minimum atomic E-state index is 0.267. The highest BCUT2D eigenvalue weighted by Gasteiger charge is 2.31. The number of aromatic nitrogens is 5. The minimum absolute atomic E-state index is 0.267. The first kappa shape index (κ1) is 24.1. The summed E-state index contributed by atoms with van der Waals surface area (Å²) in [5.41, 5.74) is 10.8. The van der Waals surface area contributed by atoms with Gasteiger partial charge in [-0.2, -0.15) is 0 Å². The van der Waals surface area contributed by atoms with Gasteiger partial charge in [-0.05, 0) is 36.1 Å². The topological polar surface area (TPSA) is 105 Å². The van der Waals surface area contributed by atoms with Crippen LogP contribution in [0.25, 0.3) is 39.4 Å². The van der Waals surface area contributed by atoms with E-state index in [1.165, 1.54) is 0 Å². The Bertz CT molecular complexity index is 1550. The molecule has 9 nitrogen and oxygen atoms in total. The van der Waals surface area contributed by atoms with Gasteiger partial charge in [0.2, 0.25) is 5.82 Å². The fraction of sp³-hybridized carbons (Fsp3) is 0.276. The van der Waals surface area contributed by atoms with E-state index in [4.69, 9.17) is 25.3 Å². The zero-order chi connectivity index (χ0) is 26.1. The van der Waals surface area contributed by atoms with Gasteiger partial charge in [-0.15, -0.1) is 5.10 Å². The summed E-state index contributed by atoms with van der Waals surface area (Å²) in [7, 11) is 3.71. The van der Waals surface area contributed by atoms with Crippen LogP contribution in [0.15, 0.2) is 73.2 Å². The fourth-order valence-corrected chi connectivity index (χ4v) is 4.97. The Labute approximate surface area is 221 Å². The Morgan fingerprint density at radius 3 is 2.63 bits per heavy atom. The van der Waals surface area contributed by atoms with Crippen LogP contribution < -0.4 is 15.8 Å². The van der Waals surface area contributed by atoms with E-state index >= 15 is 0 Å². The Morgan fingerprint density at radius 2 is 1.89 bits per heavy atom. The molecule has 0 spiro atoms. The number of methoxy groups -OCH3 is 1. The zero-order valence-electron chi connectivity index (χ0n) is 21.5. The van der Waals surface area contributed by atoms with Crippen molar-refractivity contribution < 1.29 is 9.47 Å². The van der Waals surface area contributed by atoms with Gasteiger partial charge in [0.15, 0.2) is 11.6 Å². The van der Waals surface area contributed by atoms with E-state index in [0.717, 1.165) is 52.2 Å². The summed E-state index contributed by atoms with van der Waals surface area (Å²) in [6, 6.07) is 18.7. The third kappa shape index (κ3) is 4.51. The molecule has 5 aromatic rings. The van der Waals surface area contributed by atoms with Gasteiger partial charge in [-0.1, -0.05) is 42.5 Å². The van der Waals surface area contributed by atoms with E-state index in [2.05, 4.69) is 46.8 Å². The number of rotatable bonds is 9. The maximum atomic E-state index is 5.84. The van der Waals surface area contributed by atoms with Gasteiger partial charge >= 0.3 is 0 Å². The molecule has 0 atom stereocenters. The molecule has 6 rings (SSSR count). The highest BCUT2D eigenvalue weighted by Crippen LogP contribution is 2.41. The van der Waals surface area contributed by atoms with Crippen molar-refractivity contribution in [3.05, 3.63) is 73.2 Å². The van der Waals surface area contributed by atoms with E-state index in [-0.39, 0.29) is 12.1 Å². The molecule has 3 N–H and O–H groups in total. The zero-order valence-corrected chi connectivity index (χ0v) is 21.5. The largest absolute Gasteiger partial charge is 0.492 e. The first-order valence-corrected chi connectivity index (χ1v) is 12.8. The van der Waals surface area contributed by atoms with Crippen LogP contribution in [-0.4, -0.2) is 56.6 Å².